The lowest BCUT2D eigenvalue weighted by atomic mass is 10.1. The van der Waals surface area contributed by atoms with Crippen molar-refractivity contribution in [1.29, 1.82) is 0 Å². The minimum atomic E-state index is -4.26. The van der Waals surface area contributed by atoms with E-state index in [2.05, 4.69) is 10.7 Å². The third-order valence-corrected chi connectivity index (χ3v) is 15.1. The van der Waals surface area contributed by atoms with Crippen molar-refractivity contribution in [2.45, 2.75) is 142 Å². The Balaban J connectivity index is 3.39. The molecule has 2 N–H and O–H groups in total. The quantitative estimate of drug-likeness (QED) is 0.0652. The van der Waals surface area contributed by atoms with E-state index in [9.17, 15) is 32.9 Å². The van der Waals surface area contributed by atoms with Gasteiger partial charge >= 0.3 is 12.1 Å². The highest BCUT2D eigenvalue weighted by Gasteiger charge is 2.45. The van der Waals surface area contributed by atoms with Crippen LogP contribution in [0, 0.1) is 16.0 Å². The summed E-state index contributed by atoms with van der Waals surface area (Å²) in [5.41, 5.74) is 0.789. The van der Waals surface area contributed by atoms with Gasteiger partial charge < -0.3 is 19.2 Å². The Morgan fingerprint density at radius 1 is 0.925 bits per heavy atom. The average Bonchev–Trinajstić information content (AvgIpc) is 2.96. The fourth-order valence-corrected chi connectivity index (χ4v) is 9.23. The molecule has 0 aliphatic heterocycles. The fraction of sp³-hybridized carbons (Fsp3) is 0.750. The van der Waals surface area contributed by atoms with E-state index >= 15 is 0 Å². The smallest absolute Gasteiger partial charge is 0.407 e. The van der Waals surface area contributed by atoms with Crippen LogP contribution in [-0.4, -0.2) is 99.1 Å². The minimum Gasteiger partial charge on any atom is -0.459 e. The summed E-state index contributed by atoms with van der Waals surface area (Å²) < 4.78 is 46.8. The first kappa shape index (κ1) is 47.9. The van der Waals surface area contributed by atoms with E-state index in [-0.39, 0.29) is 50.0 Å². The molecule has 15 nitrogen and oxygen atoms in total. The molecule has 1 unspecified atom stereocenters. The number of likely N-dealkylation sites (N-methyl/N-ethyl adjacent to an activating group) is 1. The molecule has 0 saturated carbocycles. The monoisotopic (exact) mass is 787 g/mol. The van der Waals surface area contributed by atoms with E-state index in [0.717, 1.165) is 6.42 Å². The van der Waals surface area contributed by atoms with E-state index in [0.29, 0.717) is 12.3 Å². The van der Waals surface area contributed by atoms with Gasteiger partial charge in [-0.15, -0.1) is 0 Å². The van der Waals surface area contributed by atoms with Gasteiger partial charge in [-0.05, 0) is 90.8 Å². The summed E-state index contributed by atoms with van der Waals surface area (Å²) in [7, 11) is -5.64. The maximum Gasteiger partial charge on any atom is 0.407 e. The zero-order chi connectivity index (χ0) is 41.0. The van der Waals surface area contributed by atoms with Crippen LogP contribution in [0.4, 0.5) is 10.5 Å². The number of nitro benzene ring substituents is 1. The Morgan fingerprint density at radius 2 is 1.47 bits per heavy atom. The molecule has 2 atom stereocenters. The van der Waals surface area contributed by atoms with Crippen LogP contribution >= 0.6 is 0 Å². The number of alkyl carbamates (subject to hydrolysis) is 1. The van der Waals surface area contributed by atoms with Crippen molar-refractivity contribution in [3.8, 4) is 0 Å². The van der Waals surface area contributed by atoms with Crippen LogP contribution in [0.25, 0.3) is 0 Å². The molecule has 0 bridgehead atoms. The number of hydrogen-bond donors (Lipinski definition) is 2. The first-order valence-electron chi connectivity index (χ1n) is 18.2. The molecule has 1 rings (SSSR count). The van der Waals surface area contributed by atoms with Crippen molar-refractivity contribution in [3.05, 3.63) is 34.4 Å². The van der Waals surface area contributed by atoms with Gasteiger partial charge in [-0.1, -0.05) is 46.8 Å². The van der Waals surface area contributed by atoms with Crippen molar-refractivity contribution in [2.75, 3.05) is 32.8 Å². The van der Waals surface area contributed by atoms with Gasteiger partial charge in [-0.25, -0.2) is 18.2 Å². The number of sulfonamides is 1. The van der Waals surface area contributed by atoms with Gasteiger partial charge in [0.25, 0.3) is 5.69 Å². The van der Waals surface area contributed by atoms with Gasteiger partial charge in [-0.2, -0.15) is 4.31 Å². The average molecular weight is 788 g/mol. The van der Waals surface area contributed by atoms with Gasteiger partial charge in [0.05, 0.1) is 17.4 Å². The van der Waals surface area contributed by atoms with Crippen LogP contribution in [0.5, 0.6) is 0 Å². The number of carbonyl (C=O) groups is 3. The molecule has 0 aromatic heterocycles. The first-order chi connectivity index (χ1) is 24.1. The Labute approximate surface area is 318 Å². The largest absolute Gasteiger partial charge is 0.459 e. The summed E-state index contributed by atoms with van der Waals surface area (Å²) in [4.78, 5) is 49.1. The van der Waals surface area contributed by atoms with Gasteiger partial charge in [0, 0.05) is 32.4 Å². The molecule has 304 valence electrons. The molecule has 1 aromatic carbocycles. The highest BCUT2D eigenvalue weighted by atomic mass is 32.2. The number of ether oxygens (including phenoxy) is 2. The number of amides is 2. The van der Waals surface area contributed by atoms with Crippen LogP contribution in [-0.2, 0) is 33.5 Å². The molecule has 0 fully saturated rings. The SMILES string of the molecule is CC(C)CCCN(CCC[C@H](CC(=O)NN(C)CC(=O)OC(C)(C)C)O[Si](C)(CNC(=O)OC(C)(C)C)C(C)(C)C)S(=O)(=O)c1ccccc1[N+](=O)[O-]. The Morgan fingerprint density at radius 3 is 1.98 bits per heavy atom. The Bertz CT molecular complexity index is 1490. The molecular weight excluding hydrogens is 723 g/mol. The third-order valence-electron chi connectivity index (χ3n) is 8.30. The van der Waals surface area contributed by atoms with Crippen LogP contribution in [0.1, 0.15) is 108 Å². The number of rotatable bonds is 20. The number of benzene rings is 1. The zero-order valence-electron chi connectivity index (χ0n) is 34.2. The van der Waals surface area contributed by atoms with Gasteiger partial charge in [0.1, 0.15) is 17.7 Å². The summed E-state index contributed by atoms with van der Waals surface area (Å²) in [5.74, 6) is -0.635. The van der Waals surface area contributed by atoms with E-state index in [1.165, 1.54) is 33.6 Å². The lowest BCUT2D eigenvalue weighted by Gasteiger charge is -2.42. The molecule has 17 heteroatoms. The second-order valence-electron chi connectivity index (χ2n) is 17.1. The highest BCUT2D eigenvalue weighted by Crippen LogP contribution is 2.38. The lowest BCUT2D eigenvalue weighted by molar-refractivity contribution is -0.387. The number of para-hydroxylation sites is 1. The first-order valence-corrected chi connectivity index (χ1v) is 22.2. The molecule has 1 aromatic rings. The van der Waals surface area contributed by atoms with Crippen molar-refractivity contribution < 1.29 is 41.6 Å². The number of nitro groups is 1. The van der Waals surface area contributed by atoms with Gasteiger partial charge in [0.15, 0.2) is 4.90 Å². The second kappa shape index (κ2) is 20.0. The number of hydrogen-bond acceptors (Lipinski definition) is 11. The Kier molecular flexibility index (Phi) is 18.1. The standard InChI is InChI=1S/C36H65N5O10SSi/c1-27(2)18-16-22-40(52(47,48)30-21-15-14-20-29(30)41(45)46)23-17-19-28(24-31(42)38-39(12)25-32(43)49-34(3,4)5)51-53(13,36(9,10)11)26-37-33(44)50-35(6,7)8/h14-15,20-21,27-28H,16-19,22-26H2,1-13H3,(H,37,44)(H,38,42)/t28-,53?/m1/s1. The predicted molar refractivity (Wildman–Crippen MR) is 207 cm³/mol. The molecule has 2 amide bonds. The number of nitrogens with one attached hydrogen (secondary N) is 2. The van der Waals surface area contributed by atoms with Crippen molar-refractivity contribution >= 4 is 42.0 Å². The molecule has 0 aliphatic rings. The van der Waals surface area contributed by atoms with Crippen molar-refractivity contribution in [1.82, 2.24) is 20.1 Å². The molecule has 0 saturated heterocycles. The van der Waals surface area contributed by atoms with Crippen molar-refractivity contribution in [3.63, 3.8) is 0 Å². The van der Waals surface area contributed by atoms with Gasteiger partial charge in [0.2, 0.25) is 24.2 Å². The molecule has 0 heterocycles. The van der Waals surface area contributed by atoms with E-state index in [1.807, 2.05) is 41.2 Å². The molecule has 0 aliphatic carbocycles. The normalized spacial score (nSPS) is 14.5. The van der Waals surface area contributed by atoms with Crippen LogP contribution in [0.15, 0.2) is 29.2 Å². The fourth-order valence-electron chi connectivity index (χ4n) is 5.17. The highest BCUT2D eigenvalue weighted by molar-refractivity contribution is 7.89. The van der Waals surface area contributed by atoms with Gasteiger partial charge in [-0.3, -0.25) is 25.1 Å². The van der Waals surface area contributed by atoms with Crippen LogP contribution in [0.2, 0.25) is 11.6 Å². The number of carbonyl (C=O) groups excluding carboxylic acids is 3. The third kappa shape index (κ3) is 17.7. The van der Waals surface area contributed by atoms with Crippen LogP contribution < -0.4 is 10.7 Å². The molecule has 0 radical (unpaired) electrons. The van der Waals surface area contributed by atoms with E-state index in [4.69, 9.17) is 13.9 Å². The summed E-state index contributed by atoms with van der Waals surface area (Å²) in [6.07, 6.45) is 0.555. The van der Waals surface area contributed by atoms with Crippen molar-refractivity contribution in [2.24, 2.45) is 5.92 Å². The molecule has 53 heavy (non-hydrogen) atoms. The number of nitrogens with zero attached hydrogens (tertiary/aromatic N) is 3. The lowest BCUT2D eigenvalue weighted by Crippen LogP contribution is -2.56. The number of esters is 1. The second-order valence-corrected chi connectivity index (χ2v) is 23.5. The molecule has 0 spiro atoms. The van der Waals surface area contributed by atoms with E-state index in [1.54, 1.807) is 48.6 Å². The summed E-state index contributed by atoms with van der Waals surface area (Å²) in [6, 6.07) is 5.29. The maximum atomic E-state index is 13.9. The Hall–Kier alpha value is -3.12. The van der Waals surface area contributed by atoms with Crippen LogP contribution in [0.3, 0.4) is 0 Å². The summed E-state index contributed by atoms with van der Waals surface area (Å²) in [6.45, 7) is 22.5. The summed E-state index contributed by atoms with van der Waals surface area (Å²) in [5, 5.41) is 15.5. The summed E-state index contributed by atoms with van der Waals surface area (Å²) >= 11 is 0. The minimum absolute atomic E-state index is 0.0243. The zero-order valence-corrected chi connectivity index (χ0v) is 36.0. The van der Waals surface area contributed by atoms with E-state index < -0.39 is 69.3 Å². The molecular formula is C36H65N5O10SSi. The topological polar surface area (TPSA) is 187 Å². The maximum absolute atomic E-state index is 13.9. The number of hydrazine groups is 1. The predicted octanol–water partition coefficient (Wildman–Crippen LogP) is 6.32.